The van der Waals surface area contributed by atoms with E-state index in [4.69, 9.17) is 0 Å². The third-order valence-corrected chi connectivity index (χ3v) is 2.30. The predicted molar refractivity (Wildman–Crippen MR) is 48.0 cm³/mol. The lowest BCUT2D eigenvalue weighted by molar-refractivity contribution is -0.0352. The van der Waals surface area contributed by atoms with Crippen LogP contribution in [-0.4, -0.2) is 34.5 Å². The van der Waals surface area contributed by atoms with Gasteiger partial charge in [0.1, 0.15) is 0 Å². The van der Waals surface area contributed by atoms with Crippen LogP contribution >= 0.6 is 0 Å². The van der Waals surface area contributed by atoms with E-state index >= 15 is 0 Å². The van der Waals surface area contributed by atoms with E-state index in [-0.39, 0.29) is 0 Å². The molecular weight excluding hydrogens is 154 g/mol. The molecule has 0 amide bonds. The Hall–Kier alpha value is -0.120. The van der Waals surface area contributed by atoms with Crippen LogP contribution in [0.2, 0.25) is 0 Å². The highest BCUT2D eigenvalue weighted by molar-refractivity contribution is 4.89. The number of hydrogen-bond acceptors (Lipinski definition) is 3. The molecule has 72 valence electrons. The molecule has 12 heavy (non-hydrogen) atoms. The van der Waals surface area contributed by atoms with E-state index in [2.05, 4.69) is 5.32 Å². The lowest BCUT2D eigenvalue weighted by atomic mass is 9.80. The van der Waals surface area contributed by atoms with Gasteiger partial charge < -0.3 is 15.5 Å². The van der Waals surface area contributed by atoms with Gasteiger partial charge in [0.05, 0.1) is 11.2 Å². The molecule has 0 radical (unpaired) electrons. The van der Waals surface area contributed by atoms with Gasteiger partial charge in [-0.05, 0) is 33.1 Å². The molecule has 3 nitrogen and oxygen atoms in total. The van der Waals surface area contributed by atoms with E-state index in [1.54, 1.807) is 13.8 Å². The molecule has 3 heteroatoms. The van der Waals surface area contributed by atoms with Crippen LogP contribution in [0.1, 0.15) is 33.1 Å². The zero-order chi connectivity index (χ0) is 9.24. The van der Waals surface area contributed by atoms with Gasteiger partial charge >= 0.3 is 0 Å². The number of aliphatic hydroxyl groups is 2. The largest absolute Gasteiger partial charge is 0.389 e. The molecule has 0 aromatic rings. The topological polar surface area (TPSA) is 52.5 Å². The van der Waals surface area contributed by atoms with E-state index in [1.807, 2.05) is 0 Å². The van der Waals surface area contributed by atoms with Gasteiger partial charge in [-0.25, -0.2) is 0 Å². The van der Waals surface area contributed by atoms with E-state index < -0.39 is 11.2 Å². The fourth-order valence-electron chi connectivity index (χ4n) is 1.36. The molecule has 0 aliphatic heterocycles. The fraction of sp³-hybridized carbons (Fsp3) is 1.00. The summed E-state index contributed by atoms with van der Waals surface area (Å²) in [5.41, 5.74) is -1.16. The van der Waals surface area contributed by atoms with Gasteiger partial charge in [-0.15, -0.1) is 0 Å². The normalized spacial score (nSPS) is 22.0. The van der Waals surface area contributed by atoms with Crippen molar-refractivity contribution in [2.75, 3.05) is 13.1 Å². The predicted octanol–water partition coefficient (Wildman–Crippen LogP) is 0.262. The van der Waals surface area contributed by atoms with Crippen LogP contribution in [-0.2, 0) is 0 Å². The van der Waals surface area contributed by atoms with Gasteiger partial charge in [0.15, 0.2) is 0 Å². The Morgan fingerprint density at radius 3 is 2.33 bits per heavy atom. The minimum Gasteiger partial charge on any atom is -0.389 e. The Balaban J connectivity index is 2.10. The summed E-state index contributed by atoms with van der Waals surface area (Å²) in [4.78, 5) is 0. The van der Waals surface area contributed by atoms with Crippen molar-refractivity contribution in [3.05, 3.63) is 0 Å². The molecule has 1 fully saturated rings. The lowest BCUT2D eigenvalue weighted by Crippen LogP contribution is -2.49. The van der Waals surface area contributed by atoms with Crippen LogP contribution in [0.5, 0.6) is 0 Å². The summed E-state index contributed by atoms with van der Waals surface area (Å²) in [7, 11) is 0. The van der Waals surface area contributed by atoms with Crippen molar-refractivity contribution in [1.29, 1.82) is 0 Å². The number of hydrogen-bond donors (Lipinski definition) is 3. The first-order valence-corrected chi connectivity index (χ1v) is 4.57. The zero-order valence-electron chi connectivity index (χ0n) is 7.93. The van der Waals surface area contributed by atoms with Crippen molar-refractivity contribution in [3.8, 4) is 0 Å². The maximum absolute atomic E-state index is 9.66. The Labute approximate surface area is 73.8 Å². The highest BCUT2D eigenvalue weighted by atomic mass is 16.3. The lowest BCUT2D eigenvalue weighted by Gasteiger charge is -2.37. The van der Waals surface area contributed by atoms with Gasteiger partial charge in [-0.1, -0.05) is 0 Å². The third kappa shape index (κ3) is 3.09. The molecule has 0 aromatic carbocycles. The maximum Gasteiger partial charge on any atom is 0.0771 e. The summed E-state index contributed by atoms with van der Waals surface area (Å²) >= 11 is 0. The van der Waals surface area contributed by atoms with Crippen LogP contribution in [0, 0.1) is 0 Å². The Bertz CT molecular complexity index is 147. The fourth-order valence-corrected chi connectivity index (χ4v) is 1.36. The van der Waals surface area contributed by atoms with Crippen molar-refractivity contribution < 1.29 is 10.2 Å². The van der Waals surface area contributed by atoms with Crippen LogP contribution in [0.15, 0.2) is 0 Å². The van der Waals surface area contributed by atoms with Crippen LogP contribution < -0.4 is 5.32 Å². The number of nitrogens with one attached hydrogen (secondary N) is 1. The third-order valence-electron chi connectivity index (χ3n) is 2.30. The summed E-state index contributed by atoms with van der Waals surface area (Å²) in [5.74, 6) is 0. The van der Waals surface area contributed by atoms with E-state index in [9.17, 15) is 10.2 Å². The van der Waals surface area contributed by atoms with Crippen molar-refractivity contribution in [2.24, 2.45) is 0 Å². The molecule has 1 saturated carbocycles. The molecule has 0 bridgehead atoms. The molecule has 0 unspecified atom stereocenters. The Morgan fingerprint density at radius 1 is 1.42 bits per heavy atom. The molecule has 3 N–H and O–H groups in total. The minimum absolute atomic E-state index is 0.481. The molecule has 1 aliphatic carbocycles. The molecule has 0 atom stereocenters. The highest BCUT2D eigenvalue weighted by Gasteiger charge is 2.33. The molecule has 1 aliphatic rings. The summed E-state index contributed by atoms with van der Waals surface area (Å²) in [6.07, 6.45) is 2.92. The van der Waals surface area contributed by atoms with Crippen molar-refractivity contribution in [1.82, 2.24) is 5.32 Å². The van der Waals surface area contributed by atoms with Crippen molar-refractivity contribution in [3.63, 3.8) is 0 Å². The molecule has 0 saturated heterocycles. The van der Waals surface area contributed by atoms with Crippen LogP contribution in [0.25, 0.3) is 0 Å². The first-order chi connectivity index (χ1) is 5.41. The first kappa shape index (κ1) is 9.96. The maximum atomic E-state index is 9.66. The summed E-state index contributed by atoms with van der Waals surface area (Å²) in [6, 6.07) is 0. The van der Waals surface area contributed by atoms with Crippen LogP contribution in [0.3, 0.4) is 0 Å². The highest BCUT2D eigenvalue weighted by Crippen LogP contribution is 2.30. The standard InChI is InChI=1S/C9H19NO2/c1-8(2,11)6-10-7-9(12)4-3-5-9/h10-12H,3-7H2,1-2H3. The van der Waals surface area contributed by atoms with Gasteiger partial charge in [0.2, 0.25) is 0 Å². The quantitative estimate of drug-likeness (QED) is 0.571. The van der Waals surface area contributed by atoms with Crippen molar-refractivity contribution >= 4 is 0 Å². The molecule has 0 heterocycles. The van der Waals surface area contributed by atoms with Gasteiger partial charge in [-0.3, -0.25) is 0 Å². The minimum atomic E-state index is -0.680. The van der Waals surface area contributed by atoms with Crippen molar-refractivity contribution in [2.45, 2.75) is 44.3 Å². The Morgan fingerprint density at radius 2 is 2.00 bits per heavy atom. The second-order valence-corrected chi connectivity index (χ2v) is 4.49. The summed E-state index contributed by atoms with van der Waals surface area (Å²) < 4.78 is 0. The van der Waals surface area contributed by atoms with E-state index in [1.165, 1.54) is 0 Å². The average Bonchev–Trinajstić information content (AvgIpc) is 1.81. The second-order valence-electron chi connectivity index (χ2n) is 4.49. The monoisotopic (exact) mass is 173 g/mol. The summed E-state index contributed by atoms with van der Waals surface area (Å²) in [5, 5.41) is 22.1. The smallest absolute Gasteiger partial charge is 0.0771 e. The molecular formula is C9H19NO2. The Kier molecular flexibility index (Phi) is 2.76. The van der Waals surface area contributed by atoms with E-state index in [0.717, 1.165) is 19.3 Å². The van der Waals surface area contributed by atoms with Gasteiger partial charge in [-0.2, -0.15) is 0 Å². The van der Waals surface area contributed by atoms with E-state index in [0.29, 0.717) is 13.1 Å². The first-order valence-electron chi connectivity index (χ1n) is 4.57. The van der Waals surface area contributed by atoms with Gasteiger partial charge in [0, 0.05) is 13.1 Å². The van der Waals surface area contributed by atoms with Gasteiger partial charge in [0.25, 0.3) is 0 Å². The average molecular weight is 173 g/mol. The zero-order valence-corrected chi connectivity index (χ0v) is 7.93. The summed E-state index contributed by atoms with van der Waals surface area (Å²) in [6.45, 7) is 4.65. The second kappa shape index (κ2) is 3.32. The van der Waals surface area contributed by atoms with Crippen LogP contribution in [0.4, 0.5) is 0 Å². The molecule has 0 aromatic heterocycles. The number of rotatable bonds is 4. The molecule has 0 spiro atoms. The SMILES string of the molecule is CC(C)(O)CNCC1(O)CCC1. The molecule has 1 rings (SSSR count).